The summed E-state index contributed by atoms with van der Waals surface area (Å²) in [5.41, 5.74) is 7.57. The van der Waals surface area contributed by atoms with Crippen LogP contribution in [0.5, 0.6) is 11.5 Å². The van der Waals surface area contributed by atoms with Crippen LogP contribution in [0.1, 0.15) is 35.3 Å². The molecule has 0 bridgehead atoms. The first-order valence-corrected chi connectivity index (χ1v) is 10.1. The van der Waals surface area contributed by atoms with Gasteiger partial charge in [-0.15, -0.1) is 11.8 Å². The number of carbonyl (C=O) groups is 2. The van der Waals surface area contributed by atoms with Crippen molar-refractivity contribution >= 4 is 23.6 Å². The van der Waals surface area contributed by atoms with E-state index < -0.39 is 5.91 Å². The lowest BCUT2D eigenvalue weighted by Crippen LogP contribution is -2.42. The number of methoxy groups -OCH3 is 1. The highest BCUT2D eigenvalue weighted by Gasteiger charge is 2.13. The summed E-state index contributed by atoms with van der Waals surface area (Å²) >= 11 is 1.48. The fraction of sp³-hybridized carbons (Fsp3) is 0.333. The van der Waals surface area contributed by atoms with Crippen molar-refractivity contribution in [3.8, 4) is 11.5 Å². The van der Waals surface area contributed by atoms with Gasteiger partial charge in [0.2, 0.25) is 5.91 Å². The second-order valence-corrected chi connectivity index (χ2v) is 7.50. The molecule has 150 valence electrons. The molecule has 7 heteroatoms. The van der Waals surface area contributed by atoms with Crippen LogP contribution in [-0.4, -0.2) is 30.8 Å². The second kappa shape index (κ2) is 10.6. The highest BCUT2D eigenvalue weighted by atomic mass is 32.2. The Morgan fingerprint density at radius 2 is 1.75 bits per heavy atom. The third-order valence-corrected chi connectivity index (χ3v) is 4.73. The Balaban J connectivity index is 1.80. The number of amides is 2. The van der Waals surface area contributed by atoms with Crippen molar-refractivity contribution in [2.75, 3.05) is 12.9 Å². The van der Waals surface area contributed by atoms with Crippen molar-refractivity contribution in [3.63, 3.8) is 0 Å². The smallest absolute Gasteiger partial charge is 0.269 e. The zero-order chi connectivity index (χ0) is 20.5. The lowest BCUT2D eigenvalue weighted by molar-refractivity contribution is -0.119. The molecule has 0 saturated carbocycles. The first kappa shape index (κ1) is 21.6. The van der Waals surface area contributed by atoms with Gasteiger partial charge < -0.3 is 9.47 Å². The van der Waals surface area contributed by atoms with Crippen molar-refractivity contribution < 1.29 is 19.1 Å². The molecule has 0 radical (unpaired) electrons. The van der Waals surface area contributed by atoms with E-state index in [1.54, 1.807) is 18.2 Å². The largest absolute Gasteiger partial charge is 0.493 e. The molecular weight excluding hydrogens is 376 g/mol. The van der Waals surface area contributed by atoms with Crippen LogP contribution in [0.15, 0.2) is 42.5 Å². The van der Waals surface area contributed by atoms with Crippen LogP contribution >= 0.6 is 11.8 Å². The van der Waals surface area contributed by atoms with Crippen molar-refractivity contribution in [1.29, 1.82) is 0 Å². The molecule has 0 atom stereocenters. The Kier molecular flexibility index (Phi) is 8.19. The van der Waals surface area contributed by atoms with Crippen molar-refractivity contribution in [2.24, 2.45) is 0 Å². The van der Waals surface area contributed by atoms with Crippen LogP contribution in [0.4, 0.5) is 0 Å². The quantitative estimate of drug-likeness (QED) is 0.661. The number of hydrogen-bond acceptors (Lipinski definition) is 5. The van der Waals surface area contributed by atoms with Gasteiger partial charge in [0.1, 0.15) is 0 Å². The van der Waals surface area contributed by atoms with Gasteiger partial charge >= 0.3 is 0 Å². The Morgan fingerprint density at radius 1 is 1.04 bits per heavy atom. The zero-order valence-corrected chi connectivity index (χ0v) is 17.4. The van der Waals surface area contributed by atoms with E-state index in [4.69, 9.17) is 9.47 Å². The molecule has 0 aliphatic heterocycles. The molecule has 0 aromatic heterocycles. The highest BCUT2D eigenvalue weighted by molar-refractivity contribution is 7.99. The minimum Gasteiger partial charge on any atom is -0.493 e. The number of carbonyl (C=O) groups excluding carboxylic acids is 2. The molecule has 0 unspecified atom stereocenters. The van der Waals surface area contributed by atoms with Gasteiger partial charge in [-0.05, 0) is 44.5 Å². The molecule has 2 aromatic carbocycles. The molecular formula is C21H26N2O4S. The minimum atomic E-state index is -0.425. The lowest BCUT2D eigenvalue weighted by Gasteiger charge is -2.14. The van der Waals surface area contributed by atoms with E-state index in [-0.39, 0.29) is 17.8 Å². The Hall–Kier alpha value is -2.67. The molecule has 0 spiro atoms. The summed E-state index contributed by atoms with van der Waals surface area (Å²) < 4.78 is 10.9. The van der Waals surface area contributed by atoms with E-state index in [9.17, 15) is 9.59 Å². The zero-order valence-electron chi connectivity index (χ0n) is 16.6. The van der Waals surface area contributed by atoms with Crippen LogP contribution in [-0.2, 0) is 10.5 Å². The lowest BCUT2D eigenvalue weighted by atomic mass is 10.2. The van der Waals surface area contributed by atoms with Crippen molar-refractivity contribution in [1.82, 2.24) is 10.9 Å². The first-order chi connectivity index (χ1) is 13.4. The maximum absolute atomic E-state index is 12.2. The first-order valence-electron chi connectivity index (χ1n) is 8.96. The molecule has 28 heavy (non-hydrogen) atoms. The summed E-state index contributed by atoms with van der Waals surface area (Å²) in [4.78, 5) is 24.2. The predicted octanol–water partition coefficient (Wildman–Crippen LogP) is 3.49. The fourth-order valence-corrected chi connectivity index (χ4v) is 3.13. The van der Waals surface area contributed by atoms with Gasteiger partial charge in [-0.25, -0.2) is 0 Å². The van der Waals surface area contributed by atoms with Crippen LogP contribution in [0, 0.1) is 6.92 Å². The molecule has 2 aromatic rings. The molecule has 2 amide bonds. The average molecular weight is 403 g/mol. The third kappa shape index (κ3) is 6.81. The summed E-state index contributed by atoms with van der Waals surface area (Å²) in [7, 11) is 1.51. The number of hydrazine groups is 1. The maximum atomic E-state index is 12.2. The van der Waals surface area contributed by atoms with Gasteiger partial charge in [0.15, 0.2) is 11.5 Å². The summed E-state index contributed by atoms with van der Waals surface area (Å²) in [5.74, 6) is 1.31. The van der Waals surface area contributed by atoms with E-state index in [1.807, 2.05) is 45.0 Å². The van der Waals surface area contributed by atoms with Crippen LogP contribution in [0.2, 0.25) is 0 Å². The number of aryl methyl sites for hydroxylation is 1. The summed E-state index contributed by atoms with van der Waals surface area (Å²) in [6.45, 7) is 5.85. The van der Waals surface area contributed by atoms with E-state index >= 15 is 0 Å². The third-order valence-electron chi connectivity index (χ3n) is 3.73. The van der Waals surface area contributed by atoms with Crippen LogP contribution < -0.4 is 20.3 Å². The molecule has 2 N–H and O–H groups in total. The highest BCUT2D eigenvalue weighted by Crippen LogP contribution is 2.28. The average Bonchev–Trinajstić information content (AvgIpc) is 2.67. The fourth-order valence-electron chi connectivity index (χ4n) is 2.34. The number of benzene rings is 2. The molecule has 0 aliphatic carbocycles. The normalized spacial score (nSPS) is 10.5. The van der Waals surface area contributed by atoms with Gasteiger partial charge in [0.05, 0.1) is 19.0 Å². The standard InChI is InChI=1S/C21H26N2O4S/c1-14(2)27-18-10-9-17(11-19(18)26-4)21(25)23-22-20(24)13-28-12-16-7-5-15(3)6-8-16/h5-11,14H,12-13H2,1-4H3,(H,22,24)(H,23,25). The van der Waals surface area contributed by atoms with Gasteiger partial charge in [-0.3, -0.25) is 20.4 Å². The molecule has 0 aliphatic rings. The van der Waals surface area contributed by atoms with E-state index in [0.717, 1.165) is 11.3 Å². The molecule has 0 saturated heterocycles. The van der Waals surface area contributed by atoms with Crippen molar-refractivity contribution in [2.45, 2.75) is 32.6 Å². The Bertz CT molecular complexity index is 807. The summed E-state index contributed by atoms with van der Waals surface area (Å²) in [6.07, 6.45) is -0.00901. The van der Waals surface area contributed by atoms with E-state index in [2.05, 4.69) is 10.9 Å². The van der Waals surface area contributed by atoms with Crippen molar-refractivity contribution in [3.05, 3.63) is 59.2 Å². The topological polar surface area (TPSA) is 76.7 Å². The molecule has 0 fully saturated rings. The molecule has 0 heterocycles. The Labute approximate surface area is 170 Å². The summed E-state index contributed by atoms with van der Waals surface area (Å²) in [5, 5.41) is 0. The minimum absolute atomic E-state index is 0.00901. The molecule has 2 rings (SSSR count). The number of thioether (sulfide) groups is 1. The number of hydrogen-bond donors (Lipinski definition) is 2. The second-order valence-electron chi connectivity index (χ2n) is 6.51. The van der Waals surface area contributed by atoms with Crippen LogP contribution in [0.25, 0.3) is 0 Å². The van der Waals surface area contributed by atoms with Gasteiger partial charge in [0.25, 0.3) is 5.91 Å². The molecule has 6 nitrogen and oxygen atoms in total. The van der Waals surface area contributed by atoms with Crippen LogP contribution in [0.3, 0.4) is 0 Å². The number of nitrogens with one attached hydrogen (secondary N) is 2. The predicted molar refractivity (Wildman–Crippen MR) is 112 cm³/mol. The van der Waals surface area contributed by atoms with E-state index in [0.29, 0.717) is 17.1 Å². The van der Waals surface area contributed by atoms with E-state index in [1.165, 1.54) is 24.4 Å². The van der Waals surface area contributed by atoms with Gasteiger partial charge in [0, 0.05) is 11.3 Å². The van der Waals surface area contributed by atoms with Gasteiger partial charge in [-0.2, -0.15) is 0 Å². The SMILES string of the molecule is COc1cc(C(=O)NNC(=O)CSCc2ccc(C)cc2)ccc1OC(C)C. The van der Waals surface area contributed by atoms with Gasteiger partial charge in [-0.1, -0.05) is 29.8 Å². The summed E-state index contributed by atoms with van der Waals surface area (Å²) in [6, 6.07) is 13.0. The Morgan fingerprint density at radius 3 is 2.39 bits per heavy atom. The number of ether oxygens (including phenoxy) is 2. The number of rotatable bonds is 8. The maximum Gasteiger partial charge on any atom is 0.269 e. The monoisotopic (exact) mass is 402 g/mol.